The molecule has 0 aromatic heterocycles. The normalized spacial score (nSPS) is 12.4. The van der Waals surface area contributed by atoms with Crippen molar-refractivity contribution in [2.45, 2.75) is 20.3 Å². The summed E-state index contributed by atoms with van der Waals surface area (Å²) in [6, 6.07) is 0. The Morgan fingerprint density at radius 3 is 2.17 bits per heavy atom. The highest BCUT2D eigenvalue weighted by molar-refractivity contribution is 7.51. The van der Waals surface area contributed by atoms with Gasteiger partial charge < -0.3 is 14.7 Å². The first kappa shape index (κ1) is 12.1. The standard InChI is InChI=1S/C7H18NO3P/c1-3-5-8(4-2)6-7-12(9,10)11/h3-7H2,1-2H3,(H2,9,10,11). The Bertz CT molecular complexity index is 157. The van der Waals surface area contributed by atoms with E-state index >= 15 is 0 Å². The van der Waals surface area contributed by atoms with Crippen LogP contribution < -0.4 is 0 Å². The third-order valence-corrected chi connectivity index (χ3v) is 2.48. The third kappa shape index (κ3) is 6.80. The van der Waals surface area contributed by atoms with E-state index in [1.165, 1.54) is 0 Å². The molecule has 0 bridgehead atoms. The molecule has 4 nitrogen and oxygen atoms in total. The maximum absolute atomic E-state index is 10.5. The summed E-state index contributed by atoms with van der Waals surface area (Å²) in [5.41, 5.74) is 0. The van der Waals surface area contributed by atoms with Crippen molar-refractivity contribution >= 4 is 7.60 Å². The van der Waals surface area contributed by atoms with Crippen molar-refractivity contribution in [2.24, 2.45) is 0 Å². The Labute approximate surface area is 73.7 Å². The molecular formula is C7H18NO3P. The minimum absolute atomic E-state index is 0.0269. The van der Waals surface area contributed by atoms with Gasteiger partial charge in [0.05, 0.1) is 6.16 Å². The van der Waals surface area contributed by atoms with Gasteiger partial charge in [-0.25, -0.2) is 0 Å². The maximum atomic E-state index is 10.5. The number of nitrogens with zero attached hydrogens (tertiary/aromatic N) is 1. The van der Waals surface area contributed by atoms with E-state index < -0.39 is 7.60 Å². The van der Waals surface area contributed by atoms with Gasteiger partial charge in [-0.1, -0.05) is 13.8 Å². The van der Waals surface area contributed by atoms with Crippen LogP contribution in [0.2, 0.25) is 0 Å². The molecule has 0 spiro atoms. The van der Waals surface area contributed by atoms with E-state index in [1.807, 2.05) is 11.8 Å². The molecular weight excluding hydrogens is 177 g/mol. The SMILES string of the molecule is CCCN(CC)CCP(=O)(O)O. The largest absolute Gasteiger partial charge is 0.326 e. The van der Waals surface area contributed by atoms with E-state index in [2.05, 4.69) is 6.92 Å². The van der Waals surface area contributed by atoms with Gasteiger partial charge in [0.25, 0.3) is 0 Å². The molecule has 0 atom stereocenters. The molecule has 74 valence electrons. The molecule has 0 saturated heterocycles. The van der Waals surface area contributed by atoms with Crippen LogP contribution in [0.1, 0.15) is 20.3 Å². The van der Waals surface area contributed by atoms with Crippen molar-refractivity contribution in [3.63, 3.8) is 0 Å². The molecule has 0 aliphatic heterocycles. The zero-order valence-electron chi connectivity index (χ0n) is 7.73. The van der Waals surface area contributed by atoms with Crippen molar-refractivity contribution in [1.29, 1.82) is 0 Å². The van der Waals surface area contributed by atoms with Gasteiger partial charge in [0.15, 0.2) is 0 Å². The fourth-order valence-electron chi connectivity index (χ4n) is 1.02. The van der Waals surface area contributed by atoms with E-state index in [9.17, 15) is 4.57 Å². The molecule has 2 N–H and O–H groups in total. The van der Waals surface area contributed by atoms with Crippen molar-refractivity contribution in [1.82, 2.24) is 4.90 Å². The number of rotatable bonds is 6. The molecule has 0 radical (unpaired) electrons. The quantitative estimate of drug-likeness (QED) is 0.618. The second-order valence-corrected chi connectivity index (χ2v) is 4.60. The van der Waals surface area contributed by atoms with Gasteiger partial charge in [-0.3, -0.25) is 4.57 Å². The summed E-state index contributed by atoms with van der Waals surface area (Å²) >= 11 is 0. The molecule has 0 saturated carbocycles. The molecule has 0 unspecified atom stereocenters. The fraction of sp³-hybridized carbons (Fsp3) is 1.00. The van der Waals surface area contributed by atoms with Gasteiger partial charge >= 0.3 is 7.60 Å². The predicted octanol–water partition coefficient (Wildman–Crippen LogP) is 0.896. The summed E-state index contributed by atoms with van der Waals surface area (Å²) in [5, 5.41) is 0. The smallest absolute Gasteiger partial charge is 0.324 e. The van der Waals surface area contributed by atoms with Gasteiger partial charge in [-0.15, -0.1) is 0 Å². The van der Waals surface area contributed by atoms with Crippen molar-refractivity contribution in [3.8, 4) is 0 Å². The lowest BCUT2D eigenvalue weighted by atomic mass is 10.4. The van der Waals surface area contributed by atoms with Gasteiger partial charge in [0.2, 0.25) is 0 Å². The van der Waals surface area contributed by atoms with Crippen LogP contribution >= 0.6 is 7.60 Å². The van der Waals surface area contributed by atoms with Gasteiger partial charge in [-0.2, -0.15) is 0 Å². The zero-order chi connectivity index (χ0) is 9.61. The second kappa shape index (κ2) is 5.70. The van der Waals surface area contributed by atoms with Crippen molar-refractivity contribution < 1.29 is 14.4 Å². The second-order valence-electron chi connectivity index (χ2n) is 2.82. The average molecular weight is 195 g/mol. The molecule has 0 aliphatic carbocycles. The van der Waals surface area contributed by atoms with Gasteiger partial charge in [0.1, 0.15) is 0 Å². The summed E-state index contributed by atoms with van der Waals surface area (Å²) < 4.78 is 10.5. The highest BCUT2D eigenvalue weighted by Crippen LogP contribution is 2.33. The minimum atomic E-state index is -3.80. The monoisotopic (exact) mass is 195 g/mol. The first-order valence-electron chi connectivity index (χ1n) is 4.26. The number of hydrogen-bond donors (Lipinski definition) is 2. The first-order valence-corrected chi connectivity index (χ1v) is 6.06. The molecule has 5 heteroatoms. The molecule has 0 fully saturated rings. The van der Waals surface area contributed by atoms with Crippen LogP contribution in [0.5, 0.6) is 0 Å². The van der Waals surface area contributed by atoms with Gasteiger partial charge in [-0.05, 0) is 19.5 Å². The molecule has 0 aliphatic rings. The van der Waals surface area contributed by atoms with Crippen LogP contribution in [0, 0.1) is 0 Å². The van der Waals surface area contributed by atoms with E-state index in [0.29, 0.717) is 6.54 Å². The summed E-state index contributed by atoms with van der Waals surface area (Å²) in [6.45, 7) is 6.31. The zero-order valence-corrected chi connectivity index (χ0v) is 8.63. The first-order chi connectivity index (χ1) is 5.49. The van der Waals surface area contributed by atoms with Crippen LogP contribution in [0.3, 0.4) is 0 Å². The fourth-order valence-corrected chi connectivity index (χ4v) is 1.56. The Hall–Kier alpha value is 0.110. The number of hydrogen-bond acceptors (Lipinski definition) is 2. The minimum Gasteiger partial charge on any atom is -0.324 e. The van der Waals surface area contributed by atoms with Crippen LogP contribution in [0.25, 0.3) is 0 Å². The average Bonchev–Trinajstić information content (AvgIpc) is 1.96. The lowest BCUT2D eigenvalue weighted by Crippen LogP contribution is -2.27. The van der Waals surface area contributed by atoms with E-state index in [4.69, 9.17) is 9.79 Å². The van der Waals surface area contributed by atoms with Crippen molar-refractivity contribution in [2.75, 3.05) is 25.8 Å². The van der Waals surface area contributed by atoms with Crippen LogP contribution in [0.4, 0.5) is 0 Å². The molecule has 0 amide bonds. The van der Waals surface area contributed by atoms with E-state index in [1.54, 1.807) is 0 Å². The van der Waals surface area contributed by atoms with E-state index in [-0.39, 0.29) is 6.16 Å². The van der Waals surface area contributed by atoms with Crippen LogP contribution in [0.15, 0.2) is 0 Å². The summed E-state index contributed by atoms with van der Waals surface area (Å²) in [6.07, 6.45) is 0.996. The topological polar surface area (TPSA) is 60.8 Å². The Kier molecular flexibility index (Phi) is 5.76. The molecule has 0 aromatic rings. The van der Waals surface area contributed by atoms with Gasteiger partial charge in [0, 0.05) is 6.54 Å². The van der Waals surface area contributed by atoms with Crippen molar-refractivity contribution in [3.05, 3.63) is 0 Å². The molecule has 0 heterocycles. The molecule has 12 heavy (non-hydrogen) atoms. The Morgan fingerprint density at radius 1 is 1.25 bits per heavy atom. The highest BCUT2D eigenvalue weighted by Gasteiger charge is 2.13. The third-order valence-electron chi connectivity index (χ3n) is 1.69. The molecule has 0 aromatic carbocycles. The lowest BCUT2D eigenvalue weighted by Gasteiger charge is -2.19. The Morgan fingerprint density at radius 2 is 1.83 bits per heavy atom. The van der Waals surface area contributed by atoms with Crippen LogP contribution in [-0.2, 0) is 4.57 Å². The van der Waals surface area contributed by atoms with Crippen LogP contribution in [-0.4, -0.2) is 40.5 Å². The maximum Gasteiger partial charge on any atom is 0.326 e. The highest BCUT2D eigenvalue weighted by atomic mass is 31.2. The lowest BCUT2D eigenvalue weighted by molar-refractivity contribution is 0.293. The summed E-state index contributed by atoms with van der Waals surface area (Å²) in [7, 11) is -3.80. The molecule has 0 rings (SSSR count). The summed E-state index contributed by atoms with van der Waals surface area (Å²) in [5.74, 6) is 0. The Balaban J connectivity index is 3.65. The summed E-state index contributed by atoms with van der Waals surface area (Å²) in [4.78, 5) is 19.3. The predicted molar refractivity (Wildman–Crippen MR) is 49.3 cm³/mol. The van der Waals surface area contributed by atoms with E-state index in [0.717, 1.165) is 19.5 Å².